The molecule has 0 heterocycles. The summed E-state index contributed by atoms with van der Waals surface area (Å²) in [5, 5.41) is 2.69. The molecule has 0 bridgehead atoms. The van der Waals surface area contributed by atoms with Crippen LogP contribution in [0.4, 0.5) is 10.1 Å². The Bertz CT molecular complexity index is 409. The number of anilines is 1. The van der Waals surface area contributed by atoms with Crippen LogP contribution in [0.3, 0.4) is 0 Å². The molecule has 0 aromatic heterocycles. The zero-order valence-corrected chi connectivity index (χ0v) is 11.5. The average molecular weight is 267 g/mol. The molecule has 3 N–H and O–H groups in total. The number of amides is 1. The van der Waals surface area contributed by atoms with E-state index in [9.17, 15) is 9.18 Å². The van der Waals surface area contributed by atoms with Crippen molar-refractivity contribution in [3.8, 4) is 0 Å². The fourth-order valence-electron chi connectivity index (χ4n) is 1.77. The zero-order chi connectivity index (χ0) is 14.3. The predicted molar refractivity (Wildman–Crippen MR) is 75.4 cm³/mol. The first-order chi connectivity index (χ1) is 9.02. The van der Waals surface area contributed by atoms with Crippen LogP contribution in [0.5, 0.6) is 0 Å². The normalized spacial score (nSPS) is 11.1. The number of benzene rings is 1. The van der Waals surface area contributed by atoms with Crippen LogP contribution >= 0.6 is 0 Å². The summed E-state index contributed by atoms with van der Waals surface area (Å²) in [6.07, 6.45) is 0.853. The topological polar surface area (TPSA) is 58.4 Å². The molecule has 0 aliphatic carbocycles. The van der Waals surface area contributed by atoms with Crippen molar-refractivity contribution in [1.82, 2.24) is 4.90 Å². The van der Waals surface area contributed by atoms with Crippen molar-refractivity contribution in [3.05, 3.63) is 30.1 Å². The molecule has 106 valence electrons. The number of carbonyl (C=O) groups excluding carboxylic acids is 1. The average Bonchev–Trinajstić information content (AvgIpc) is 2.34. The van der Waals surface area contributed by atoms with Gasteiger partial charge >= 0.3 is 0 Å². The Morgan fingerprint density at radius 3 is 2.79 bits per heavy atom. The van der Waals surface area contributed by atoms with Crippen LogP contribution in [0.25, 0.3) is 0 Å². The largest absolute Gasteiger partial charge is 0.330 e. The maximum atomic E-state index is 13.0. The van der Waals surface area contributed by atoms with Gasteiger partial charge in [0.25, 0.3) is 0 Å². The molecule has 1 rings (SSSR count). The number of hydrogen-bond acceptors (Lipinski definition) is 3. The van der Waals surface area contributed by atoms with E-state index >= 15 is 0 Å². The molecule has 0 fully saturated rings. The van der Waals surface area contributed by atoms with E-state index in [4.69, 9.17) is 5.73 Å². The first-order valence-corrected chi connectivity index (χ1v) is 6.52. The summed E-state index contributed by atoms with van der Waals surface area (Å²) in [6, 6.07) is 6.15. The summed E-state index contributed by atoms with van der Waals surface area (Å²) < 4.78 is 13.0. The van der Waals surface area contributed by atoms with Gasteiger partial charge in [-0.3, -0.25) is 9.69 Å². The summed E-state index contributed by atoms with van der Waals surface area (Å²) in [4.78, 5) is 13.9. The van der Waals surface area contributed by atoms with Crippen LogP contribution in [-0.4, -0.2) is 36.5 Å². The Morgan fingerprint density at radius 1 is 1.47 bits per heavy atom. The van der Waals surface area contributed by atoms with E-state index < -0.39 is 0 Å². The van der Waals surface area contributed by atoms with E-state index in [1.54, 1.807) is 12.1 Å². The van der Waals surface area contributed by atoms with Gasteiger partial charge in [0.1, 0.15) is 5.82 Å². The number of nitrogens with one attached hydrogen (secondary N) is 1. The zero-order valence-electron chi connectivity index (χ0n) is 11.5. The molecule has 1 aromatic rings. The van der Waals surface area contributed by atoms with Gasteiger partial charge in [-0.25, -0.2) is 4.39 Å². The van der Waals surface area contributed by atoms with Gasteiger partial charge in [-0.2, -0.15) is 0 Å². The maximum Gasteiger partial charge on any atom is 0.238 e. The first-order valence-electron chi connectivity index (χ1n) is 6.52. The van der Waals surface area contributed by atoms with E-state index in [1.807, 2.05) is 18.7 Å². The molecule has 4 nitrogen and oxygen atoms in total. The summed E-state index contributed by atoms with van der Waals surface area (Å²) in [5.41, 5.74) is 5.96. The van der Waals surface area contributed by atoms with Crippen LogP contribution in [0.1, 0.15) is 20.3 Å². The minimum atomic E-state index is -0.360. The van der Waals surface area contributed by atoms with E-state index in [0.29, 0.717) is 12.2 Å². The number of hydrogen-bond donors (Lipinski definition) is 2. The lowest BCUT2D eigenvalue weighted by Gasteiger charge is -2.25. The van der Waals surface area contributed by atoms with Gasteiger partial charge in [0.15, 0.2) is 0 Å². The monoisotopic (exact) mass is 267 g/mol. The number of rotatable bonds is 7. The minimum absolute atomic E-state index is 0.142. The first kappa shape index (κ1) is 15.6. The minimum Gasteiger partial charge on any atom is -0.330 e. The predicted octanol–water partition coefficient (Wildman–Crippen LogP) is 1.82. The highest BCUT2D eigenvalue weighted by molar-refractivity contribution is 5.92. The highest BCUT2D eigenvalue weighted by atomic mass is 19.1. The molecule has 0 aliphatic heterocycles. The van der Waals surface area contributed by atoms with Crippen molar-refractivity contribution in [3.63, 3.8) is 0 Å². The number of nitrogens with two attached hydrogens (primary N) is 1. The second-order valence-corrected chi connectivity index (χ2v) is 4.76. The molecule has 0 saturated carbocycles. The summed E-state index contributed by atoms with van der Waals surface area (Å²) in [5.74, 6) is -0.502. The third kappa shape index (κ3) is 5.81. The summed E-state index contributed by atoms with van der Waals surface area (Å²) >= 11 is 0. The molecule has 1 amide bonds. The molecule has 1 aromatic carbocycles. The van der Waals surface area contributed by atoms with Gasteiger partial charge < -0.3 is 11.1 Å². The highest BCUT2D eigenvalue weighted by Crippen LogP contribution is 2.09. The van der Waals surface area contributed by atoms with Crippen molar-refractivity contribution in [2.24, 2.45) is 5.73 Å². The lowest BCUT2D eigenvalue weighted by molar-refractivity contribution is -0.117. The van der Waals surface area contributed by atoms with Gasteiger partial charge in [0, 0.05) is 18.3 Å². The van der Waals surface area contributed by atoms with E-state index in [0.717, 1.165) is 13.0 Å². The maximum absolute atomic E-state index is 13.0. The van der Waals surface area contributed by atoms with Gasteiger partial charge in [-0.15, -0.1) is 0 Å². The molecule has 0 atom stereocenters. The Hall–Kier alpha value is -1.46. The molecule has 5 heteroatoms. The van der Waals surface area contributed by atoms with Crippen molar-refractivity contribution in [2.45, 2.75) is 26.3 Å². The molecular weight excluding hydrogens is 245 g/mol. The standard InChI is InChI=1S/C14H22FN3O/c1-11(2)18(8-4-7-16)10-14(19)17-13-6-3-5-12(15)9-13/h3,5-6,9,11H,4,7-8,10,16H2,1-2H3,(H,17,19). The van der Waals surface area contributed by atoms with E-state index in [2.05, 4.69) is 5.32 Å². The number of halogens is 1. The number of nitrogens with zero attached hydrogens (tertiary/aromatic N) is 1. The SMILES string of the molecule is CC(C)N(CCCN)CC(=O)Nc1cccc(F)c1. The molecule has 19 heavy (non-hydrogen) atoms. The van der Waals surface area contributed by atoms with E-state index in [-0.39, 0.29) is 24.3 Å². The Kier molecular flexibility index (Phi) is 6.45. The highest BCUT2D eigenvalue weighted by Gasteiger charge is 2.13. The molecule has 0 radical (unpaired) electrons. The van der Waals surface area contributed by atoms with Crippen LogP contribution in [0.2, 0.25) is 0 Å². The molecular formula is C14H22FN3O. The Balaban J connectivity index is 2.52. The van der Waals surface area contributed by atoms with Crippen molar-refractivity contribution < 1.29 is 9.18 Å². The lowest BCUT2D eigenvalue weighted by Crippen LogP contribution is -2.39. The van der Waals surface area contributed by atoms with Gasteiger partial charge in [-0.05, 0) is 45.0 Å². The van der Waals surface area contributed by atoms with Gasteiger partial charge in [0.2, 0.25) is 5.91 Å². The Labute approximate surface area is 113 Å². The quantitative estimate of drug-likeness (QED) is 0.792. The fraction of sp³-hybridized carbons (Fsp3) is 0.500. The fourth-order valence-corrected chi connectivity index (χ4v) is 1.77. The molecule has 0 unspecified atom stereocenters. The van der Waals surface area contributed by atoms with Crippen LogP contribution in [-0.2, 0) is 4.79 Å². The summed E-state index contributed by atoms with van der Waals surface area (Å²) in [6.45, 7) is 5.74. The lowest BCUT2D eigenvalue weighted by atomic mass is 10.2. The molecule has 0 aliphatic rings. The van der Waals surface area contributed by atoms with Crippen molar-refractivity contribution >= 4 is 11.6 Å². The number of carbonyl (C=O) groups is 1. The smallest absolute Gasteiger partial charge is 0.238 e. The van der Waals surface area contributed by atoms with Crippen LogP contribution in [0, 0.1) is 5.82 Å². The second kappa shape index (κ2) is 7.86. The van der Waals surface area contributed by atoms with Gasteiger partial charge in [0.05, 0.1) is 6.54 Å². The van der Waals surface area contributed by atoms with Crippen molar-refractivity contribution in [2.75, 3.05) is 25.0 Å². The molecule has 0 saturated heterocycles. The third-order valence-electron chi connectivity index (χ3n) is 2.83. The van der Waals surface area contributed by atoms with Crippen LogP contribution in [0.15, 0.2) is 24.3 Å². The molecule has 0 spiro atoms. The van der Waals surface area contributed by atoms with Crippen molar-refractivity contribution in [1.29, 1.82) is 0 Å². The third-order valence-corrected chi connectivity index (χ3v) is 2.83. The summed E-state index contributed by atoms with van der Waals surface area (Å²) in [7, 11) is 0. The van der Waals surface area contributed by atoms with Gasteiger partial charge in [-0.1, -0.05) is 6.07 Å². The second-order valence-electron chi connectivity index (χ2n) is 4.76. The Morgan fingerprint density at radius 2 is 2.21 bits per heavy atom. The van der Waals surface area contributed by atoms with E-state index in [1.165, 1.54) is 12.1 Å². The van der Waals surface area contributed by atoms with Crippen LogP contribution < -0.4 is 11.1 Å².